The number of piperidine rings is 1. The lowest BCUT2D eigenvalue weighted by Crippen LogP contribution is -2.44. The van der Waals surface area contributed by atoms with E-state index in [4.69, 9.17) is 0 Å². The Hall–Kier alpha value is -2.04. The average Bonchev–Trinajstić information content (AvgIpc) is 2.91. The summed E-state index contributed by atoms with van der Waals surface area (Å²) in [4.78, 5) is 21.4. The van der Waals surface area contributed by atoms with Crippen LogP contribution in [0.4, 0.5) is 4.79 Å². The van der Waals surface area contributed by atoms with Gasteiger partial charge in [0.1, 0.15) is 5.65 Å². The van der Waals surface area contributed by atoms with Crippen LogP contribution < -0.4 is 5.32 Å². The molecule has 0 unspecified atom stereocenters. The second-order valence-electron chi connectivity index (χ2n) is 5.26. The summed E-state index contributed by atoms with van der Waals surface area (Å²) >= 11 is 0. The molecule has 0 bridgehead atoms. The quantitative estimate of drug-likeness (QED) is 0.882. The summed E-state index contributed by atoms with van der Waals surface area (Å²) in [5.41, 5.74) is 2.20. The molecule has 5 heteroatoms. The van der Waals surface area contributed by atoms with Crippen molar-refractivity contribution in [3.63, 3.8) is 0 Å². The summed E-state index contributed by atoms with van der Waals surface area (Å²) in [6, 6.07) is 6.28. The minimum absolute atomic E-state index is 0.0595. The molecule has 106 valence electrons. The van der Waals surface area contributed by atoms with Crippen LogP contribution in [0.2, 0.25) is 0 Å². The van der Waals surface area contributed by atoms with Gasteiger partial charge >= 0.3 is 6.03 Å². The number of amides is 2. The monoisotopic (exact) mass is 272 g/mol. The third-order valence-corrected chi connectivity index (χ3v) is 3.96. The highest BCUT2D eigenvalue weighted by molar-refractivity contribution is 5.76. The fraction of sp³-hybridized carbons (Fsp3) is 0.467. The van der Waals surface area contributed by atoms with Crippen LogP contribution in [0, 0.1) is 0 Å². The maximum Gasteiger partial charge on any atom is 0.317 e. The molecular weight excluding hydrogens is 252 g/mol. The van der Waals surface area contributed by atoms with E-state index in [2.05, 4.69) is 27.4 Å². The normalized spacial score (nSPS) is 16.6. The number of nitrogens with one attached hydrogen (secondary N) is 2. The van der Waals surface area contributed by atoms with Gasteiger partial charge in [0.05, 0.1) is 0 Å². The second-order valence-corrected chi connectivity index (χ2v) is 5.26. The van der Waals surface area contributed by atoms with E-state index in [1.54, 1.807) is 6.20 Å². The Bertz CT molecular complexity index is 566. The fourth-order valence-electron chi connectivity index (χ4n) is 2.86. The van der Waals surface area contributed by atoms with Crippen molar-refractivity contribution in [1.29, 1.82) is 0 Å². The van der Waals surface area contributed by atoms with E-state index < -0.39 is 0 Å². The van der Waals surface area contributed by atoms with Gasteiger partial charge in [0.15, 0.2) is 0 Å². The van der Waals surface area contributed by atoms with Crippen LogP contribution in [-0.4, -0.2) is 40.5 Å². The first-order valence-corrected chi connectivity index (χ1v) is 7.24. The first kappa shape index (κ1) is 13.0. The van der Waals surface area contributed by atoms with Gasteiger partial charge in [0.2, 0.25) is 0 Å². The van der Waals surface area contributed by atoms with Crippen LogP contribution in [0.5, 0.6) is 0 Å². The van der Waals surface area contributed by atoms with Crippen molar-refractivity contribution >= 4 is 17.1 Å². The number of likely N-dealkylation sites (tertiary alicyclic amines) is 1. The molecule has 5 nitrogen and oxygen atoms in total. The Morgan fingerprint density at radius 1 is 1.50 bits per heavy atom. The van der Waals surface area contributed by atoms with Crippen molar-refractivity contribution < 1.29 is 4.79 Å². The van der Waals surface area contributed by atoms with Gasteiger partial charge in [0.25, 0.3) is 0 Å². The summed E-state index contributed by atoms with van der Waals surface area (Å²) in [5, 5.41) is 4.02. The van der Waals surface area contributed by atoms with Gasteiger partial charge in [-0.05, 0) is 38.0 Å². The fourth-order valence-corrected chi connectivity index (χ4v) is 2.86. The zero-order valence-electron chi connectivity index (χ0n) is 11.7. The first-order valence-electron chi connectivity index (χ1n) is 7.24. The Balaban J connectivity index is 1.67. The van der Waals surface area contributed by atoms with Crippen LogP contribution in [0.25, 0.3) is 11.0 Å². The summed E-state index contributed by atoms with van der Waals surface area (Å²) in [5.74, 6) is 0.495. The molecule has 2 aromatic heterocycles. The largest absolute Gasteiger partial charge is 0.343 e. The number of hydrogen-bond acceptors (Lipinski definition) is 2. The molecular formula is C15H20N4O. The Labute approximate surface area is 118 Å². The molecule has 3 heterocycles. The number of fused-ring (bicyclic) bond motifs is 1. The third-order valence-electron chi connectivity index (χ3n) is 3.96. The molecule has 20 heavy (non-hydrogen) atoms. The molecule has 0 atom stereocenters. The minimum Gasteiger partial charge on any atom is -0.343 e. The smallest absolute Gasteiger partial charge is 0.317 e. The maximum absolute atomic E-state index is 11.8. The Morgan fingerprint density at radius 2 is 2.30 bits per heavy atom. The van der Waals surface area contributed by atoms with Crippen molar-refractivity contribution in [1.82, 2.24) is 20.2 Å². The van der Waals surface area contributed by atoms with Crippen LogP contribution in [-0.2, 0) is 0 Å². The lowest BCUT2D eigenvalue weighted by molar-refractivity contribution is 0.181. The number of H-pyrrole nitrogens is 1. The lowest BCUT2D eigenvalue weighted by Gasteiger charge is -2.31. The van der Waals surface area contributed by atoms with E-state index in [1.807, 2.05) is 17.9 Å². The van der Waals surface area contributed by atoms with Crippen molar-refractivity contribution in [2.24, 2.45) is 0 Å². The van der Waals surface area contributed by atoms with Gasteiger partial charge in [-0.3, -0.25) is 0 Å². The highest BCUT2D eigenvalue weighted by atomic mass is 16.2. The molecule has 1 fully saturated rings. The standard InChI is InChI=1S/C15H20N4O/c1-2-16-15(20)19-8-5-11(6-9-19)13-10-12-4-3-7-17-14(12)18-13/h3-4,7,10-11H,2,5-6,8-9H2,1H3,(H,16,20)(H,17,18). The van der Waals surface area contributed by atoms with Gasteiger partial charge in [0, 0.05) is 42.8 Å². The Kier molecular flexibility index (Phi) is 3.58. The molecule has 0 saturated carbocycles. The van der Waals surface area contributed by atoms with Crippen molar-refractivity contribution in [3.8, 4) is 0 Å². The number of aromatic nitrogens is 2. The predicted octanol–water partition coefficient (Wildman–Crippen LogP) is 2.47. The van der Waals surface area contributed by atoms with Crippen molar-refractivity contribution in [2.75, 3.05) is 19.6 Å². The molecule has 2 N–H and O–H groups in total. The van der Waals surface area contributed by atoms with E-state index in [9.17, 15) is 4.79 Å². The second kappa shape index (κ2) is 5.53. The van der Waals surface area contributed by atoms with E-state index in [0.29, 0.717) is 12.5 Å². The highest BCUT2D eigenvalue weighted by Crippen LogP contribution is 2.29. The van der Waals surface area contributed by atoms with Crippen molar-refractivity contribution in [2.45, 2.75) is 25.7 Å². The molecule has 3 rings (SSSR count). The Morgan fingerprint density at radius 3 is 3.00 bits per heavy atom. The molecule has 0 aromatic carbocycles. The van der Waals surface area contributed by atoms with Gasteiger partial charge in [-0.15, -0.1) is 0 Å². The van der Waals surface area contributed by atoms with E-state index in [1.165, 1.54) is 5.69 Å². The van der Waals surface area contributed by atoms with Gasteiger partial charge in [-0.25, -0.2) is 9.78 Å². The van der Waals surface area contributed by atoms with Crippen molar-refractivity contribution in [3.05, 3.63) is 30.1 Å². The van der Waals surface area contributed by atoms with E-state index >= 15 is 0 Å². The molecule has 0 radical (unpaired) electrons. The molecule has 0 spiro atoms. The number of hydrogen-bond donors (Lipinski definition) is 2. The number of urea groups is 1. The zero-order valence-corrected chi connectivity index (χ0v) is 11.7. The first-order chi connectivity index (χ1) is 9.78. The van der Waals surface area contributed by atoms with Crippen LogP contribution in [0.1, 0.15) is 31.4 Å². The average molecular weight is 272 g/mol. The summed E-state index contributed by atoms with van der Waals surface area (Å²) < 4.78 is 0. The van der Waals surface area contributed by atoms with Crippen LogP contribution in [0.3, 0.4) is 0 Å². The highest BCUT2D eigenvalue weighted by Gasteiger charge is 2.24. The van der Waals surface area contributed by atoms with E-state index in [0.717, 1.165) is 37.0 Å². The molecule has 1 saturated heterocycles. The number of carbonyl (C=O) groups excluding carboxylic acids is 1. The maximum atomic E-state index is 11.8. The summed E-state index contributed by atoms with van der Waals surface area (Å²) in [6.45, 7) is 4.27. The number of nitrogens with zero attached hydrogens (tertiary/aromatic N) is 2. The molecule has 2 amide bonds. The number of pyridine rings is 1. The number of rotatable bonds is 2. The van der Waals surface area contributed by atoms with E-state index in [-0.39, 0.29) is 6.03 Å². The molecule has 1 aliphatic heterocycles. The topological polar surface area (TPSA) is 61.0 Å². The summed E-state index contributed by atoms with van der Waals surface area (Å²) in [6.07, 6.45) is 3.81. The number of aromatic amines is 1. The summed E-state index contributed by atoms with van der Waals surface area (Å²) in [7, 11) is 0. The van der Waals surface area contributed by atoms with Gasteiger partial charge in [-0.2, -0.15) is 0 Å². The number of carbonyl (C=O) groups is 1. The third kappa shape index (κ3) is 2.48. The zero-order chi connectivity index (χ0) is 13.9. The van der Waals surface area contributed by atoms with Gasteiger partial charge < -0.3 is 15.2 Å². The predicted molar refractivity (Wildman–Crippen MR) is 78.7 cm³/mol. The minimum atomic E-state index is 0.0595. The molecule has 0 aliphatic carbocycles. The van der Waals surface area contributed by atoms with Gasteiger partial charge in [-0.1, -0.05) is 0 Å². The SMILES string of the molecule is CCNC(=O)N1CCC(c2cc3cccnc3[nH]2)CC1. The molecule has 2 aromatic rings. The van der Waals surface area contributed by atoms with Crippen LogP contribution in [0.15, 0.2) is 24.4 Å². The van der Waals surface area contributed by atoms with Crippen LogP contribution >= 0.6 is 0 Å². The lowest BCUT2D eigenvalue weighted by atomic mass is 9.94. The molecule has 1 aliphatic rings.